The number of benzene rings is 1. The highest BCUT2D eigenvalue weighted by Gasteiger charge is 2.31. The molecule has 3 rings (SSSR count). The van der Waals surface area contributed by atoms with Crippen molar-refractivity contribution in [1.29, 1.82) is 0 Å². The third kappa shape index (κ3) is 4.26. The van der Waals surface area contributed by atoms with Crippen molar-refractivity contribution in [2.24, 2.45) is 0 Å². The first-order chi connectivity index (χ1) is 12.1. The second-order valence-corrected chi connectivity index (χ2v) is 6.90. The fourth-order valence-electron chi connectivity index (χ4n) is 3.50. The summed E-state index contributed by atoms with van der Waals surface area (Å²) in [6.07, 6.45) is 0.775. The Hall–Kier alpha value is -1.76. The monoisotopic (exact) mass is 344 g/mol. The van der Waals surface area contributed by atoms with Crippen LogP contribution >= 0.6 is 0 Å². The SMILES string of the molecule is CC[C@@H]1CN([C@H](C)c2nc(-c3ccccc3)no2)CCN1C[C@@H](C)O. The van der Waals surface area contributed by atoms with Gasteiger partial charge in [0, 0.05) is 37.8 Å². The maximum Gasteiger partial charge on any atom is 0.244 e. The zero-order valence-corrected chi connectivity index (χ0v) is 15.3. The second-order valence-electron chi connectivity index (χ2n) is 6.90. The summed E-state index contributed by atoms with van der Waals surface area (Å²) in [6.45, 7) is 9.76. The van der Waals surface area contributed by atoms with Crippen LogP contribution in [-0.2, 0) is 0 Å². The topological polar surface area (TPSA) is 65.6 Å². The third-order valence-corrected chi connectivity index (χ3v) is 4.98. The van der Waals surface area contributed by atoms with E-state index in [0.717, 1.165) is 38.2 Å². The maximum absolute atomic E-state index is 9.69. The molecular weight excluding hydrogens is 316 g/mol. The molecule has 6 nitrogen and oxygen atoms in total. The Morgan fingerprint density at radius 3 is 2.68 bits per heavy atom. The first-order valence-corrected chi connectivity index (χ1v) is 9.13. The van der Waals surface area contributed by atoms with E-state index in [1.54, 1.807) is 0 Å². The van der Waals surface area contributed by atoms with E-state index in [1.165, 1.54) is 0 Å². The molecule has 136 valence electrons. The standard InChI is InChI=1S/C19H28N4O2/c1-4-17-13-22(10-11-23(17)12-14(2)24)15(3)19-20-18(21-25-19)16-8-6-5-7-9-16/h5-9,14-15,17,24H,4,10-13H2,1-3H3/t14-,15-,17-/m1/s1. The van der Waals surface area contributed by atoms with Gasteiger partial charge in [0.05, 0.1) is 12.1 Å². The largest absolute Gasteiger partial charge is 0.392 e. The summed E-state index contributed by atoms with van der Waals surface area (Å²) in [5.74, 6) is 1.31. The van der Waals surface area contributed by atoms with Gasteiger partial charge >= 0.3 is 0 Å². The van der Waals surface area contributed by atoms with E-state index >= 15 is 0 Å². The predicted octanol–water partition coefficient (Wildman–Crippen LogP) is 2.57. The number of β-amino-alcohol motifs (C(OH)–C–C–N with tert-alkyl or cyclic N) is 1. The number of rotatable bonds is 6. The molecule has 2 aromatic rings. The number of aliphatic hydroxyl groups excluding tert-OH is 1. The molecule has 1 fully saturated rings. The molecular formula is C19H28N4O2. The number of aliphatic hydroxyl groups is 1. The van der Waals surface area contributed by atoms with Crippen LogP contribution in [0.3, 0.4) is 0 Å². The molecule has 25 heavy (non-hydrogen) atoms. The van der Waals surface area contributed by atoms with E-state index in [-0.39, 0.29) is 12.1 Å². The Bertz CT molecular complexity index is 658. The van der Waals surface area contributed by atoms with Crippen LogP contribution in [0.15, 0.2) is 34.9 Å². The molecule has 1 aromatic heterocycles. The maximum atomic E-state index is 9.69. The summed E-state index contributed by atoms with van der Waals surface area (Å²) < 4.78 is 5.54. The first-order valence-electron chi connectivity index (χ1n) is 9.13. The Balaban J connectivity index is 1.67. The van der Waals surface area contributed by atoms with E-state index in [9.17, 15) is 5.11 Å². The molecule has 1 saturated heterocycles. The van der Waals surface area contributed by atoms with Crippen molar-refractivity contribution in [3.05, 3.63) is 36.2 Å². The first kappa shape index (κ1) is 18.0. The van der Waals surface area contributed by atoms with E-state index < -0.39 is 0 Å². The van der Waals surface area contributed by atoms with E-state index in [0.29, 0.717) is 17.8 Å². The van der Waals surface area contributed by atoms with Gasteiger partial charge in [0.25, 0.3) is 0 Å². The van der Waals surface area contributed by atoms with Gasteiger partial charge in [-0.15, -0.1) is 0 Å². The summed E-state index contributed by atoms with van der Waals surface area (Å²) in [5, 5.41) is 13.8. The highest BCUT2D eigenvalue weighted by Crippen LogP contribution is 2.25. The third-order valence-electron chi connectivity index (χ3n) is 4.98. The highest BCUT2D eigenvalue weighted by atomic mass is 16.5. The normalized spacial score (nSPS) is 22.0. The lowest BCUT2D eigenvalue weighted by Gasteiger charge is -2.43. The van der Waals surface area contributed by atoms with Crippen molar-refractivity contribution in [2.75, 3.05) is 26.2 Å². The van der Waals surface area contributed by atoms with E-state index in [2.05, 4.69) is 33.8 Å². The van der Waals surface area contributed by atoms with Crippen LogP contribution in [-0.4, -0.2) is 63.4 Å². The van der Waals surface area contributed by atoms with Crippen molar-refractivity contribution in [1.82, 2.24) is 19.9 Å². The fraction of sp³-hybridized carbons (Fsp3) is 0.579. The zero-order chi connectivity index (χ0) is 17.8. The molecule has 0 amide bonds. The second kappa shape index (κ2) is 8.08. The minimum absolute atomic E-state index is 0.0905. The molecule has 2 heterocycles. The van der Waals surface area contributed by atoms with Crippen LogP contribution in [0.4, 0.5) is 0 Å². The van der Waals surface area contributed by atoms with Crippen molar-refractivity contribution < 1.29 is 9.63 Å². The van der Waals surface area contributed by atoms with Gasteiger partial charge in [-0.3, -0.25) is 9.80 Å². The van der Waals surface area contributed by atoms with Crippen molar-refractivity contribution in [3.63, 3.8) is 0 Å². The van der Waals surface area contributed by atoms with Crippen LogP contribution in [0.2, 0.25) is 0 Å². The number of hydrogen-bond acceptors (Lipinski definition) is 6. The minimum Gasteiger partial charge on any atom is -0.392 e. The minimum atomic E-state index is -0.289. The fourth-order valence-corrected chi connectivity index (χ4v) is 3.50. The van der Waals surface area contributed by atoms with Crippen LogP contribution in [0.1, 0.15) is 39.1 Å². The van der Waals surface area contributed by atoms with Gasteiger partial charge in [-0.05, 0) is 20.3 Å². The lowest BCUT2D eigenvalue weighted by molar-refractivity contribution is 0.0167. The zero-order valence-electron chi connectivity index (χ0n) is 15.3. The number of hydrogen-bond donors (Lipinski definition) is 1. The average Bonchev–Trinajstić information content (AvgIpc) is 3.12. The molecule has 3 atom stereocenters. The van der Waals surface area contributed by atoms with Gasteiger partial charge < -0.3 is 9.63 Å². The van der Waals surface area contributed by atoms with Crippen molar-refractivity contribution in [2.45, 2.75) is 45.4 Å². The van der Waals surface area contributed by atoms with Gasteiger partial charge in [0.15, 0.2) is 0 Å². The summed E-state index contributed by atoms with van der Waals surface area (Å²) in [5.41, 5.74) is 0.970. The van der Waals surface area contributed by atoms with Crippen LogP contribution in [0.25, 0.3) is 11.4 Å². The Kier molecular flexibility index (Phi) is 5.83. The van der Waals surface area contributed by atoms with Gasteiger partial charge in [0.1, 0.15) is 0 Å². The number of aromatic nitrogens is 2. The van der Waals surface area contributed by atoms with Gasteiger partial charge in [-0.2, -0.15) is 4.98 Å². The molecule has 0 unspecified atom stereocenters. The predicted molar refractivity (Wildman–Crippen MR) is 97.1 cm³/mol. The molecule has 1 aromatic carbocycles. The number of piperazine rings is 1. The molecule has 0 aliphatic carbocycles. The van der Waals surface area contributed by atoms with Crippen molar-refractivity contribution in [3.8, 4) is 11.4 Å². The Morgan fingerprint density at radius 2 is 2.00 bits per heavy atom. The molecule has 1 aliphatic heterocycles. The van der Waals surface area contributed by atoms with Gasteiger partial charge in [0.2, 0.25) is 11.7 Å². The average molecular weight is 344 g/mol. The molecule has 1 N–H and O–H groups in total. The molecule has 0 bridgehead atoms. The number of nitrogens with zero attached hydrogens (tertiary/aromatic N) is 4. The van der Waals surface area contributed by atoms with Gasteiger partial charge in [-0.1, -0.05) is 42.4 Å². The smallest absolute Gasteiger partial charge is 0.244 e. The van der Waals surface area contributed by atoms with E-state index in [4.69, 9.17) is 4.52 Å². The van der Waals surface area contributed by atoms with Crippen LogP contribution < -0.4 is 0 Å². The molecule has 0 saturated carbocycles. The van der Waals surface area contributed by atoms with Crippen LogP contribution in [0, 0.1) is 0 Å². The van der Waals surface area contributed by atoms with Gasteiger partial charge in [-0.25, -0.2) is 0 Å². The summed E-state index contributed by atoms with van der Waals surface area (Å²) in [4.78, 5) is 9.38. The molecule has 0 radical (unpaired) electrons. The lowest BCUT2D eigenvalue weighted by Crippen LogP contribution is -2.54. The van der Waals surface area contributed by atoms with Crippen LogP contribution in [0.5, 0.6) is 0 Å². The summed E-state index contributed by atoms with van der Waals surface area (Å²) in [7, 11) is 0. The lowest BCUT2D eigenvalue weighted by atomic mass is 10.1. The summed E-state index contributed by atoms with van der Waals surface area (Å²) in [6, 6.07) is 10.4. The highest BCUT2D eigenvalue weighted by molar-refractivity contribution is 5.53. The molecule has 0 spiro atoms. The quantitative estimate of drug-likeness (QED) is 0.869. The van der Waals surface area contributed by atoms with E-state index in [1.807, 2.05) is 37.3 Å². The summed E-state index contributed by atoms with van der Waals surface area (Å²) >= 11 is 0. The Labute approximate surface area is 149 Å². The molecule has 6 heteroatoms. The van der Waals surface area contributed by atoms with Crippen molar-refractivity contribution >= 4 is 0 Å². The Morgan fingerprint density at radius 1 is 1.24 bits per heavy atom. The molecule has 1 aliphatic rings.